The van der Waals surface area contributed by atoms with Crippen molar-refractivity contribution in [3.8, 4) is 23.3 Å². The van der Waals surface area contributed by atoms with Crippen LogP contribution in [-0.2, 0) is 0 Å². The summed E-state index contributed by atoms with van der Waals surface area (Å²) in [6.07, 6.45) is 10.2. The molecule has 3 aromatic carbocycles. The van der Waals surface area contributed by atoms with Crippen LogP contribution in [0.4, 0.5) is 0 Å². The van der Waals surface area contributed by atoms with Gasteiger partial charge < -0.3 is 4.74 Å². The maximum atomic E-state index is 6.91. The molecule has 0 spiro atoms. The molecule has 9 heterocycles. The number of fused-ring (bicyclic) bond motifs is 9. The number of aromatic nitrogens is 4. The third kappa shape index (κ3) is 7.42. The second kappa shape index (κ2) is 17.2. The topological polar surface area (TPSA) is 95.0 Å². The Morgan fingerprint density at radius 2 is 1.25 bits per heavy atom. The van der Waals surface area contributed by atoms with Crippen LogP contribution in [0, 0.1) is 17.8 Å². The fourth-order valence-corrected chi connectivity index (χ4v) is 15.9. The number of nitrogens with zero attached hydrogens (tertiary/aromatic N) is 6. The molecule has 3 aromatic heterocycles. The quantitative estimate of drug-likeness (QED) is 0.0769. The van der Waals surface area contributed by atoms with Crippen molar-refractivity contribution < 1.29 is 40.2 Å². The minimum absolute atomic E-state index is 0.102. The van der Waals surface area contributed by atoms with Crippen LogP contribution in [0.3, 0.4) is 0 Å². The normalized spacial score (nSPS) is 27.1. The van der Waals surface area contributed by atoms with E-state index in [1.54, 1.807) is 14.2 Å². The molecule has 0 saturated carbocycles. The van der Waals surface area contributed by atoms with E-state index in [-0.39, 0.29) is 33.0 Å². The van der Waals surface area contributed by atoms with Crippen LogP contribution in [0.1, 0.15) is 68.9 Å². The SMILES string of the molecule is CCC1CN2CCC1C[C@@H]2[C@@H](COc1nnc(OC[C@@H](c2ccnc3ccc(OC)cc23)[C@H]2[I-]C3CCN2CC3CC)c2ccccc12)c1ccnc2ccc(OC)cc12. The molecule has 4 bridgehead atoms. The summed E-state index contributed by atoms with van der Waals surface area (Å²) >= 11 is -0.105. The van der Waals surface area contributed by atoms with Crippen molar-refractivity contribution in [2.24, 2.45) is 17.8 Å². The van der Waals surface area contributed by atoms with Crippen molar-refractivity contribution in [2.45, 2.75) is 71.8 Å². The zero-order chi connectivity index (χ0) is 40.7. The predicted molar refractivity (Wildman–Crippen MR) is 232 cm³/mol. The Bertz CT molecular complexity index is 2320. The van der Waals surface area contributed by atoms with Crippen molar-refractivity contribution in [1.82, 2.24) is 30.0 Å². The second-order valence-corrected chi connectivity index (χ2v) is 20.8. The molecule has 10 atom stereocenters. The molecular weight excluding hydrogens is 863 g/mol. The summed E-state index contributed by atoms with van der Waals surface area (Å²) in [6, 6.07) is 25.4. The Balaban J connectivity index is 0.967. The predicted octanol–water partition coefficient (Wildman–Crippen LogP) is 5.72. The molecule has 6 aliphatic heterocycles. The minimum atomic E-state index is -0.105. The van der Waals surface area contributed by atoms with E-state index in [1.165, 1.54) is 49.8 Å². The number of rotatable bonds is 14. The molecule has 60 heavy (non-hydrogen) atoms. The van der Waals surface area contributed by atoms with Gasteiger partial charge >= 0.3 is 245 Å². The first-order valence-corrected chi connectivity index (χ1v) is 24.5. The van der Waals surface area contributed by atoms with Gasteiger partial charge in [0.05, 0.1) is 12.6 Å². The zero-order valence-corrected chi connectivity index (χ0v) is 37.3. The van der Waals surface area contributed by atoms with E-state index < -0.39 is 0 Å². The van der Waals surface area contributed by atoms with Crippen LogP contribution in [-0.4, -0.2) is 97.6 Å². The number of hydrogen-bond acceptors (Lipinski definition) is 10. The molecular formula is C49H56IN6O4-. The van der Waals surface area contributed by atoms with Crippen molar-refractivity contribution in [2.75, 3.05) is 53.6 Å². The molecule has 314 valence electrons. The maximum absolute atomic E-state index is 6.91. The van der Waals surface area contributed by atoms with Gasteiger partial charge in [0.2, 0.25) is 0 Å². The molecule has 0 radical (unpaired) electrons. The van der Waals surface area contributed by atoms with Gasteiger partial charge in [-0.3, -0.25) is 9.88 Å². The zero-order valence-electron chi connectivity index (χ0n) is 35.2. The van der Waals surface area contributed by atoms with E-state index >= 15 is 0 Å². The van der Waals surface area contributed by atoms with Gasteiger partial charge in [-0.05, 0) is 55.5 Å². The van der Waals surface area contributed by atoms with Gasteiger partial charge in [0, 0.05) is 18.1 Å². The fraction of sp³-hybridized carbons (Fsp3) is 0.469. The summed E-state index contributed by atoms with van der Waals surface area (Å²) in [5.74, 6) is 5.31. The van der Waals surface area contributed by atoms with Gasteiger partial charge in [-0.25, -0.2) is 0 Å². The number of benzene rings is 3. The number of ether oxygens (including phenoxy) is 4. The van der Waals surface area contributed by atoms with Crippen molar-refractivity contribution in [3.63, 3.8) is 0 Å². The molecule has 0 amide bonds. The number of pyridine rings is 2. The molecule has 10 nitrogen and oxygen atoms in total. The smallest absolute Gasteiger partial charge is 0.497 e. The van der Waals surface area contributed by atoms with Gasteiger partial charge in [0.1, 0.15) is 5.75 Å². The van der Waals surface area contributed by atoms with Crippen molar-refractivity contribution in [3.05, 3.63) is 96.3 Å². The molecule has 6 aliphatic rings. The second-order valence-electron chi connectivity index (χ2n) is 17.2. The van der Waals surface area contributed by atoms with Crippen LogP contribution in [0.2, 0.25) is 0 Å². The van der Waals surface area contributed by atoms with Crippen LogP contribution in [0.15, 0.2) is 85.2 Å². The summed E-state index contributed by atoms with van der Waals surface area (Å²) in [5.41, 5.74) is 4.46. The number of hydrogen-bond donors (Lipinski definition) is 0. The van der Waals surface area contributed by atoms with E-state index in [0.717, 1.165) is 85.4 Å². The standard InChI is InChI=1S/C49H56IN6O4/c1-5-30-26-55-21-17-32(30)23-46(55)41(35-15-19-51-44-13-11-33(57-3)24-39(35)44)28-59-48-37-9-7-8-10-38(37)49(54-53-48)60-29-42(47-50-43-18-22-56(47)27-31(43)6-2)36-16-20-52-45-14-12-34(58-4)25-40(36)45/h7-16,19-20,24-25,30-32,41-43,46-47H,5-6,17-18,21-23,26-29H2,1-4H3/q-1/t30?,31?,32?,41-,42-,43?,46+,47-/m0/s1. The Morgan fingerprint density at radius 1 is 0.667 bits per heavy atom. The number of halogens is 1. The average molecular weight is 920 g/mol. The van der Waals surface area contributed by atoms with Crippen LogP contribution in [0.25, 0.3) is 32.6 Å². The van der Waals surface area contributed by atoms with Gasteiger partial charge in [-0.1, -0.05) is 13.3 Å². The van der Waals surface area contributed by atoms with Gasteiger partial charge in [-0.2, -0.15) is 0 Å². The van der Waals surface area contributed by atoms with Crippen LogP contribution < -0.4 is 40.2 Å². The van der Waals surface area contributed by atoms with Crippen LogP contribution in [0.5, 0.6) is 23.3 Å². The third-order valence-electron chi connectivity index (χ3n) is 14.3. The summed E-state index contributed by atoms with van der Waals surface area (Å²) in [6.45, 7) is 10.3. The fourth-order valence-electron chi connectivity index (χ4n) is 11.0. The molecule has 12 rings (SSSR count). The Morgan fingerprint density at radius 3 is 1.80 bits per heavy atom. The summed E-state index contributed by atoms with van der Waals surface area (Å²) < 4.78 is 26.5. The van der Waals surface area contributed by atoms with E-state index in [0.29, 0.717) is 35.1 Å². The molecule has 11 heteroatoms. The van der Waals surface area contributed by atoms with Gasteiger partial charge in [0.25, 0.3) is 0 Å². The molecule has 6 saturated heterocycles. The summed E-state index contributed by atoms with van der Waals surface area (Å²) in [5, 5.41) is 13.7. The van der Waals surface area contributed by atoms with E-state index in [9.17, 15) is 0 Å². The summed E-state index contributed by atoms with van der Waals surface area (Å²) in [4.78, 5) is 15.0. The molecule has 0 aliphatic carbocycles. The molecule has 6 unspecified atom stereocenters. The number of alkyl halides is 2. The molecule has 6 fully saturated rings. The Hall–Kier alpha value is -4.33. The third-order valence-corrected chi connectivity index (χ3v) is 19.2. The Kier molecular flexibility index (Phi) is 11.4. The number of methoxy groups -OCH3 is 2. The van der Waals surface area contributed by atoms with Crippen LogP contribution >= 0.6 is 0 Å². The van der Waals surface area contributed by atoms with E-state index in [2.05, 4.69) is 84.3 Å². The van der Waals surface area contributed by atoms with Crippen molar-refractivity contribution in [1.29, 1.82) is 0 Å². The first-order chi connectivity index (χ1) is 29.5. The summed E-state index contributed by atoms with van der Waals surface area (Å²) in [7, 11) is 3.46. The van der Waals surface area contributed by atoms with Crippen molar-refractivity contribution >= 4 is 32.6 Å². The molecule has 0 N–H and O–H groups in total. The minimum Gasteiger partial charge on any atom is -0.497 e. The first-order valence-electron chi connectivity index (χ1n) is 22.0. The van der Waals surface area contributed by atoms with Gasteiger partial charge in [-0.15, -0.1) is 0 Å². The monoisotopic (exact) mass is 919 g/mol. The number of piperidine rings is 4. The Labute approximate surface area is 363 Å². The van der Waals surface area contributed by atoms with E-state index in [4.69, 9.17) is 39.1 Å². The first kappa shape index (κ1) is 39.8. The molecule has 6 aromatic rings. The van der Waals surface area contributed by atoms with E-state index in [1.807, 2.05) is 24.5 Å². The van der Waals surface area contributed by atoms with Gasteiger partial charge in [0.15, 0.2) is 0 Å². The average Bonchev–Trinajstić information content (AvgIpc) is 3.32.